The molecule has 2 aromatic heterocycles. The van der Waals surface area contributed by atoms with Crippen LogP contribution in [-0.4, -0.2) is 88.2 Å². The van der Waals surface area contributed by atoms with Crippen LogP contribution < -0.4 is 20.4 Å². The molecule has 1 aromatic carbocycles. The second-order valence-electron chi connectivity index (χ2n) is 10.2. The molecule has 1 fully saturated rings. The predicted octanol–water partition coefficient (Wildman–Crippen LogP) is 1.85. The lowest BCUT2D eigenvalue weighted by atomic mass is 10.1. The van der Waals surface area contributed by atoms with Gasteiger partial charge in [-0.3, -0.25) is 19.2 Å². The number of nitrogens with one attached hydrogen (secondary N) is 1. The van der Waals surface area contributed by atoms with Gasteiger partial charge < -0.3 is 24.6 Å². The van der Waals surface area contributed by atoms with Gasteiger partial charge >= 0.3 is 0 Å². The van der Waals surface area contributed by atoms with E-state index < -0.39 is 11.5 Å². The number of rotatable bonds is 7. The SMILES string of the molecule is COc1c(OC[C@](C)(O)CN2C[C@@H](C)O[C@@H](C)C2)ccc2c3n(c(=NC(=O)c4cccnc4)nc12)CCN3. The first-order valence-electron chi connectivity index (χ1n) is 12.8. The molecule has 202 valence electrons. The van der Waals surface area contributed by atoms with Crippen LogP contribution in [0.4, 0.5) is 5.82 Å². The summed E-state index contributed by atoms with van der Waals surface area (Å²) in [5, 5.41) is 15.3. The van der Waals surface area contributed by atoms with E-state index in [-0.39, 0.29) is 24.4 Å². The van der Waals surface area contributed by atoms with Gasteiger partial charge in [0.1, 0.15) is 23.5 Å². The molecule has 0 unspecified atom stereocenters. The van der Waals surface area contributed by atoms with Crippen molar-refractivity contribution in [2.75, 3.05) is 45.2 Å². The summed E-state index contributed by atoms with van der Waals surface area (Å²) in [5.74, 6) is 1.24. The Kier molecular flexibility index (Phi) is 7.33. The highest BCUT2D eigenvalue weighted by molar-refractivity contribution is 5.96. The van der Waals surface area contributed by atoms with E-state index >= 15 is 0 Å². The zero-order valence-electron chi connectivity index (χ0n) is 22.2. The van der Waals surface area contributed by atoms with Crippen LogP contribution in [0.25, 0.3) is 10.9 Å². The topological polar surface area (TPSA) is 123 Å². The highest BCUT2D eigenvalue weighted by atomic mass is 16.5. The number of aliphatic hydroxyl groups is 1. The number of carbonyl (C=O) groups is 1. The molecular formula is C27H34N6O5. The summed E-state index contributed by atoms with van der Waals surface area (Å²) >= 11 is 0. The number of fused-ring (bicyclic) bond motifs is 3. The van der Waals surface area contributed by atoms with Crippen molar-refractivity contribution >= 4 is 22.6 Å². The van der Waals surface area contributed by atoms with Crippen LogP contribution in [0, 0.1) is 0 Å². The van der Waals surface area contributed by atoms with Gasteiger partial charge in [0.2, 0.25) is 5.62 Å². The zero-order valence-corrected chi connectivity index (χ0v) is 22.2. The van der Waals surface area contributed by atoms with Gasteiger partial charge in [-0.2, -0.15) is 4.99 Å². The maximum absolute atomic E-state index is 12.8. The molecule has 0 saturated carbocycles. The van der Waals surface area contributed by atoms with Crippen molar-refractivity contribution in [1.29, 1.82) is 0 Å². The number of pyridine rings is 1. The van der Waals surface area contributed by atoms with Gasteiger partial charge in [0.15, 0.2) is 11.5 Å². The van der Waals surface area contributed by atoms with Crippen molar-refractivity contribution < 1.29 is 24.1 Å². The maximum atomic E-state index is 12.8. The molecule has 4 heterocycles. The Balaban J connectivity index is 1.45. The molecule has 0 radical (unpaired) electrons. The first-order valence-corrected chi connectivity index (χ1v) is 12.8. The monoisotopic (exact) mass is 522 g/mol. The summed E-state index contributed by atoms with van der Waals surface area (Å²) < 4.78 is 19.5. The van der Waals surface area contributed by atoms with Crippen LogP contribution in [0.1, 0.15) is 31.1 Å². The molecule has 0 bridgehead atoms. The van der Waals surface area contributed by atoms with Crippen LogP contribution in [0.3, 0.4) is 0 Å². The number of methoxy groups -OCH3 is 1. The van der Waals surface area contributed by atoms with E-state index in [1.807, 2.05) is 30.5 Å². The molecule has 3 atom stereocenters. The third-order valence-corrected chi connectivity index (χ3v) is 6.61. The Morgan fingerprint density at radius 2 is 2.08 bits per heavy atom. The third kappa shape index (κ3) is 5.50. The van der Waals surface area contributed by atoms with Crippen LogP contribution >= 0.6 is 0 Å². The molecule has 1 amide bonds. The molecule has 2 aliphatic heterocycles. The fraction of sp³-hybridized carbons (Fsp3) is 0.481. The number of carbonyl (C=O) groups excluding carboxylic acids is 1. The lowest BCUT2D eigenvalue weighted by molar-refractivity contribution is -0.0952. The Labute approximate surface area is 221 Å². The van der Waals surface area contributed by atoms with Crippen LogP contribution in [0.5, 0.6) is 11.5 Å². The fourth-order valence-corrected chi connectivity index (χ4v) is 5.16. The molecular weight excluding hydrogens is 488 g/mol. The van der Waals surface area contributed by atoms with Gasteiger partial charge in [-0.05, 0) is 45.0 Å². The van der Waals surface area contributed by atoms with E-state index in [0.29, 0.717) is 42.2 Å². The molecule has 38 heavy (non-hydrogen) atoms. The number of morpholine rings is 1. The standard InChI is InChI=1S/C27H34N6O5/c1-17-13-32(14-18(2)38-17)15-27(3,35)16-37-21-8-7-20-22(23(21)36-4)30-26(33-11-10-29-24(20)33)31-25(34)19-6-5-9-28-12-19/h5-9,12,17-18,29,35H,10-11,13-16H2,1-4H3/t17-,18+,27-/m1/s1. The number of anilines is 1. The van der Waals surface area contributed by atoms with Gasteiger partial charge in [0.05, 0.1) is 24.9 Å². The number of ether oxygens (including phenoxy) is 3. The van der Waals surface area contributed by atoms with Crippen LogP contribution in [0.2, 0.25) is 0 Å². The normalized spacial score (nSPS) is 21.6. The summed E-state index contributed by atoms with van der Waals surface area (Å²) in [6.07, 6.45) is 3.31. The van der Waals surface area contributed by atoms with Crippen molar-refractivity contribution in [2.24, 2.45) is 4.99 Å². The molecule has 11 heteroatoms. The highest BCUT2D eigenvalue weighted by Crippen LogP contribution is 2.37. The van der Waals surface area contributed by atoms with Gasteiger partial charge in [-0.1, -0.05) is 0 Å². The maximum Gasteiger partial charge on any atom is 0.281 e. The number of hydrogen-bond acceptors (Lipinski definition) is 9. The minimum absolute atomic E-state index is 0.0592. The predicted molar refractivity (Wildman–Crippen MR) is 141 cm³/mol. The molecule has 2 N–H and O–H groups in total. The molecule has 2 aliphatic rings. The van der Waals surface area contributed by atoms with Gasteiger partial charge in [-0.15, -0.1) is 0 Å². The van der Waals surface area contributed by atoms with Crippen molar-refractivity contribution in [1.82, 2.24) is 19.4 Å². The number of nitrogens with zero attached hydrogens (tertiary/aromatic N) is 5. The number of benzene rings is 1. The van der Waals surface area contributed by atoms with Crippen LogP contribution in [-0.2, 0) is 11.3 Å². The van der Waals surface area contributed by atoms with E-state index in [1.54, 1.807) is 32.4 Å². The van der Waals surface area contributed by atoms with Crippen molar-refractivity contribution in [3.63, 3.8) is 0 Å². The van der Waals surface area contributed by atoms with E-state index in [9.17, 15) is 9.90 Å². The molecule has 1 saturated heterocycles. The first kappa shape index (κ1) is 26.1. The van der Waals surface area contributed by atoms with E-state index in [4.69, 9.17) is 19.2 Å². The molecule has 0 aliphatic carbocycles. The lowest BCUT2D eigenvalue weighted by Gasteiger charge is -2.38. The average molecular weight is 523 g/mol. The summed E-state index contributed by atoms with van der Waals surface area (Å²) in [5.41, 5.74) is 0.0594. The third-order valence-electron chi connectivity index (χ3n) is 6.61. The van der Waals surface area contributed by atoms with Gasteiger partial charge in [0, 0.05) is 50.5 Å². The smallest absolute Gasteiger partial charge is 0.281 e. The van der Waals surface area contributed by atoms with Gasteiger partial charge in [0.25, 0.3) is 5.91 Å². The Hall–Kier alpha value is -3.54. The van der Waals surface area contributed by atoms with Crippen molar-refractivity contribution in [3.8, 4) is 11.5 Å². The van der Waals surface area contributed by atoms with Crippen LogP contribution in [0.15, 0.2) is 41.7 Å². The number of aromatic nitrogens is 3. The van der Waals surface area contributed by atoms with E-state index in [1.165, 1.54) is 6.20 Å². The second kappa shape index (κ2) is 10.7. The first-order chi connectivity index (χ1) is 18.2. The number of β-amino-alcohol motifs (C(OH)–C–C–N with tert-alkyl or cyclic N) is 1. The minimum Gasteiger partial charge on any atom is -0.491 e. The van der Waals surface area contributed by atoms with E-state index in [2.05, 4.69) is 20.2 Å². The molecule has 11 nitrogen and oxygen atoms in total. The quantitative estimate of drug-likeness (QED) is 0.478. The Morgan fingerprint density at radius 3 is 2.79 bits per heavy atom. The van der Waals surface area contributed by atoms with E-state index in [0.717, 1.165) is 24.3 Å². The second-order valence-corrected chi connectivity index (χ2v) is 10.2. The fourth-order valence-electron chi connectivity index (χ4n) is 5.16. The number of amides is 1. The average Bonchev–Trinajstić information content (AvgIpc) is 3.37. The number of hydrogen-bond donors (Lipinski definition) is 2. The summed E-state index contributed by atoms with van der Waals surface area (Å²) in [6, 6.07) is 7.07. The highest BCUT2D eigenvalue weighted by Gasteiger charge is 2.31. The molecule has 0 spiro atoms. The summed E-state index contributed by atoms with van der Waals surface area (Å²) in [4.78, 5) is 28.0. The molecule has 3 aromatic rings. The van der Waals surface area contributed by atoms with Crippen molar-refractivity contribution in [2.45, 2.75) is 45.1 Å². The summed E-state index contributed by atoms with van der Waals surface area (Å²) in [6.45, 7) is 9.17. The largest absolute Gasteiger partial charge is 0.491 e. The Morgan fingerprint density at radius 1 is 1.29 bits per heavy atom. The minimum atomic E-state index is -1.10. The van der Waals surface area contributed by atoms with Crippen molar-refractivity contribution in [3.05, 3.63) is 47.8 Å². The zero-order chi connectivity index (χ0) is 26.9. The Bertz CT molecular complexity index is 1380. The molecule has 5 rings (SSSR count). The van der Waals surface area contributed by atoms with Gasteiger partial charge in [-0.25, -0.2) is 4.98 Å². The summed E-state index contributed by atoms with van der Waals surface area (Å²) in [7, 11) is 1.55. The lowest BCUT2D eigenvalue weighted by Crippen LogP contribution is -2.52.